The molecule has 35 heavy (non-hydrogen) atoms. The summed E-state index contributed by atoms with van der Waals surface area (Å²) in [5, 5.41) is 1.24. The van der Waals surface area contributed by atoms with Crippen molar-refractivity contribution in [3.05, 3.63) is 40.6 Å². The van der Waals surface area contributed by atoms with Crippen LogP contribution in [0.3, 0.4) is 0 Å². The van der Waals surface area contributed by atoms with Gasteiger partial charge in [-0.25, -0.2) is 4.39 Å². The lowest BCUT2D eigenvalue weighted by molar-refractivity contribution is 0.0366. The predicted molar refractivity (Wildman–Crippen MR) is 136 cm³/mol. The second kappa shape index (κ2) is 8.07. The number of hydrogen-bond donors (Lipinski definition) is 0. The highest BCUT2D eigenvalue weighted by Gasteiger charge is 2.60. The van der Waals surface area contributed by atoms with E-state index in [0.29, 0.717) is 42.3 Å². The largest absolute Gasteiger partial charge is 0.495 e. The Labute approximate surface area is 205 Å². The van der Waals surface area contributed by atoms with Crippen LogP contribution in [0.4, 0.5) is 4.39 Å². The zero-order chi connectivity index (χ0) is 24.5. The van der Waals surface area contributed by atoms with Gasteiger partial charge in [0.05, 0.1) is 36.7 Å². The molecule has 3 atom stereocenters. The molecule has 3 heterocycles. The molecule has 1 aromatic carbocycles. The molecule has 3 aromatic rings. The lowest BCUT2D eigenvalue weighted by Crippen LogP contribution is -2.42. The van der Waals surface area contributed by atoms with Crippen molar-refractivity contribution in [1.82, 2.24) is 14.0 Å². The topological polar surface area (TPSA) is 48.6 Å². The molecule has 6 nitrogen and oxygen atoms in total. The predicted octanol–water partition coefficient (Wildman–Crippen LogP) is 4.82. The first kappa shape index (κ1) is 23.0. The summed E-state index contributed by atoms with van der Waals surface area (Å²) in [5.41, 5.74) is 1.07. The van der Waals surface area contributed by atoms with E-state index >= 15 is 4.39 Å². The average Bonchev–Trinajstić information content (AvgIpc) is 3.46. The number of nitrogens with zero attached hydrogens (tertiary/aromatic N) is 3. The monoisotopic (exact) mass is 481 g/mol. The van der Waals surface area contributed by atoms with Crippen molar-refractivity contribution in [2.75, 3.05) is 40.0 Å². The third kappa shape index (κ3) is 3.30. The van der Waals surface area contributed by atoms with E-state index in [1.54, 1.807) is 11.7 Å². The Morgan fingerprint density at radius 2 is 1.91 bits per heavy atom. The highest BCUT2D eigenvalue weighted by atomic mass is 19.1. The Morgan fingerprint density at radius 1 is 1.14 bits per heavy atom. The SMILES string of the molecule is COc1cccc2c3c(=O)n(C4C5(C)CCC(C5)C4(C)C)cc(F)c3n(CCN3CCOCC3)c12. The zero-order valence-corrected chi connectivity index (χ0v) is 21.3. The van der Waals surface area contributed by atoms with Crippen LogP contribution in [-0.2, 0) is 11.3 Å². The van der Waals surface area contributed by atoms with Crippen LogP contribution in [0.25, 0.3) is 21.8 Å². The average molecular weight is 482 g/mol. The minimum absolute atomic E-state index is 0.0162. The van der Waals surface area contributed by atoms with E-state index in [2.05, 4.69) is 25.7 Å². The van der Waals surface area contributed by atoms with Gasteiger partial charge in [-0.15, -0.1) is 0 Å². The molecule has 2 aromatic heterocycles. The maximum Gasteiger partial charge on any atom is 0.261 e. The van der Waals surface area contributed by atoms with Crippen LogP contribution in [0.15, 0.2) is 29.2 Å². The molecular weight excluding hydrogens is 445 g/mol. The van der Waals surface area contributed by atoms with Gasteiger partial charge in [-0.05, 0) is 42.1 Å². The van der Waals surface area contributed by atoms with Gasteiger partial charge in [0.2, 0.25) is 0 Å². The maximum absolute atomic E-state index is 16.1. The molecule has 0 spiro atoms. The number of ether oxygens (including phenoxy) is 2. The summed E-state index contributed by atoms with van der Waals surface area (Å²) in [5.74, 6) is 0.901. The fraction of sp³-hybridized carbons (Fsp3) is 0.607. The molecule has 2 bridgehead atoms. The van der Waals surface area contributed by atoms with Crippen LogP contribution in [0.2, 0.25) is 0 Å². The lowest BCUT2D eigenvalue weighted by Gasteiger charge is -2.43. The molecule has 6 rings (SSSR count). The molecule has 7 heteroatoms. The quantitative estimate of drug-likeness (QED) is 0.524. The summed E-state index contributed by atoms with van der Waals surface area (Å²) in [7, 11) is 1.63. The van der Waals surface area contributed by atoms with E-state index in [1.165, 1.54) is 12.6 Å². The third-order valence-corrected chi connectivity index (χ3v) is 9.41. The molecule has 1 saturated heterocycles. The molecular formula is C28H36FN3O3. The molecule has 1 aliphatic heterocycles. The van der Waals surface area contributed by atoms with Crippen molar-refractivity contribution in [2.45, 2.75) is 52.6 Å². The van der Waals surface area contributed by atoms with E-state index in [-0.39, 0.29) is 28.2 Å². The molecule has 2 saturated carbocycles. The number of morpholine rings is 1. The highest BCUT2D eigenvalue weighted by molar-refractivity contribution is 6.09. The summed E-state index contributed by atoms with van der Waals surface area (Å²) in [4.78, 5) is 16.5. The third-order valence-electron chi connectivity index (χ3n) is 9.41. The van der Waals surface area contributed by atoms with Gasteiger partial charge >= 0.3 is 0 Å². The molecule has 2 aliphatic carbocycles. The molecule has 0 radical (unpaired) electrons. The van der Waals surface area contributed by atoms with Gasteiger partial charge in [-0.2, -0.15) is 0 Å². The maximum atomic E-state index is 16.1. The number of aromatic nitrogens is 2. The second-order valence-electron chi connectivity index (χ2n) is 11.7. The smallest absolute Gasteiger partial charge is 0.261 e. The van der Waals surface area contributed by atoms with Crippen molar-refractivity contribution in [1.29, 1.82) is 0 Å². The van der Waals surface area contributed by atoms with Crippen LogP contribution in [0.5, 0.6) is 5.75 Å². The first-order valence-corrected chi connectivity index (χ1v) is 13.0. The summed E-state index contributed by atoms with van der Waals surface area (Å²) in [6.07, 6.45) is 4.88. The Morgan fingerprint density at radius 3 is 2.60 bits per heavy atom. The summed E-state index contributed by atoms with van der Waals surface area (Å²) in [6.45, 7) is 11.3. The Kier molecular flexibility index (Phi) is 5.31. The molecule has 3 aliphatic rings. The van der Waals surface area contributed by atoms with Crippen LogP contribution < -0.4 is 10.3 Å². The van der Waals surface area contributed by atoms with E-state index in [1.807, 2.05) is 22.8 Å². The van der Waals surface area contributed by atoms with E-state index < -0.39 is 0 Å². The summed E-state index contributed by atoms with van der Waals surface area (Å²) < 4.78 is 31.0. The molecule has 0 amide bonds. The van der Waals surface area contributed by atoms with Gasteiger partial charge in [0.15, 0.2) is 5.82 Å². The normalized spacial score (nSPS) is 28.4. The minimum atomic E-state index is -0.331. The van der Waals surface area contributed by atoms with Gasteiger partial charge in [-0.1, -0.05) is 32.9 Å². The summed E-state index contributed by atoms with van der Waals surface area (Å²) in [6, 6.07) is 5.70. The van der Waals surface area contributed by atoms with Gasteiger partial charge in [0.1, 0.15) is 5.75 Å². The number of pyridine rings is 1. The number of halogens is 1. The van der Waals surface area contributed by atoms with Gasteiger partial charge in [0, 0.05) is 43.8 Å². The van der Waals surface area contributed by atoms with Crippen molar-refractivity contribution in [3.8, 4) is 5.75 Å². The number of rotatable bonds is 5. The van der Waals surface area contributed by atoms with Crippen LogP contribution in [-0.4, -0.2) is 54.0 Å². The molecule has 188 valence electrons. The first-order valence-electron chi connectivity index (χ1n) is 13.0. The van der Waals surface area contributed by atoms with Crippen LogP contribution in [0.1, 0.15) is 46.1 Å². The zero-order valence-electron chi connectivity index (χ0n) is 21.3. The van der Waals surface area contributed by atoms with Gasteiger partial charge < -0.3 is 18.6 Å². The lowest BCUT2D eigenvalue weighted by atomic mass is 9.68. The number of para-hydroxylation sites is 1. The molecule has 0 N–H and O–H groups in total. The fourth-order valence-corrected chi connectivity index (χ4v) is 7.83. The van der Waals surface area contributed by atoms with E-state index in [0.717, 1.165) is 43.4 Å². The van der Waals surface area contributed by atoms with Gasteiger partial charge in [-0.3, -0.25) is 9.69 Å². The number of fused-ring (bicyclic) bond motifs is 5. The number of methoxy groups -OCH3 is 1. The second-order valence-corrected chi connectivity index (χ2v) is 11.7. The van der Waals surface area contributed by atoms with Crippen LogP contribution >= 0.6 is 0 Å². The summed E-state index contributed by atoms with van der Waals surface area (Å²) >= 11 is 0. The Hall–Kier alpha value is -2.38. The van der Waals surface area contributed by atoms with Crippen LogP contribution in [0, 0.1) is 22.6 Å². The Bertz CT molecular complexity index is 1350. The highest BCUT2D eigenvalue weighted by Crippen LogP contribution is 2.67. The Balaban J connectivity index is 1.56. The minimum Gasteiger partial charge on any atom is -0.495 e. The fourth-order valence-electron chi connectivity index (χ4n) is 7.83. The van der Waals surface area contributed by atoms with Gasteiger partial charge in [0.25, 0.3) is 5.56 Å². The van der Waals surface area contributed by atoms with E-state index in [4.69, 9.17) is 9.47 Å². The van der Waals surface area contributed by atoms with Crippen molar-refractivity contribution in [2.24, 2.45) is 16.7 Å². The standard InChI is InChI=1S/C28H36FN3O3/c1-27(2)18-8-9-28(3,16-18)26(27)32-17-20(29)24-22(25(32)33)19-6-5-7-21(34-4)23(19)31(24)11-10-30-12-14-35-15-13-30/h5-7,17-18,26H,8-16H2,1-4H3. The molecule has 3 unspecified atom stereocenters. The molecule has 3 fully saturated rings. The van der Waals surface area contributed by atoms with Crippen molar-refractivity contribution < 1.29 is 13.9 Å². The first-order chi connectivity index (χ1) is 16.8. The number of hydrogen-bond acceptors (Lipinski definition) is 4. The van der Waals surface area contributed by atoms with Crippen molar-refractivity contribution >= 4 is 21.8 Å². The van der Waals surface area contributed by atoms with E-state index in [9.17, 15) is 4.79 Å². The number of benzene rings is 1. The van der Waals surface area contributed by atoms with Crippen molar-refractivity contribution in [3.63, 3.8) is 0 Å².